The van der Waals surface area contributed by atoms with E-state index in [9.17, 15) is 4.79 Å². The fourth-order valence-electron chi connectivity index (χ4n) is 3.64. The molecule has 0 amide bonds. The lowest BCUT2D eigenvalue weighted by molar-refractivity contribution is -0.156. The number of rotatable bonds is 4. The maximum atomic E-state index is 13.1. The molecule has 0 bridgehead atoms. The van der Waals surface area contributed by atoms with E-state index in [-0.39, 0.29) is 18.0 Å². The van der Waals surface area contributed by atoms with Crippen LogP contribution in [-0.2, 0) is 9.53 Å². The second-order valence-electron chi connectivity index (χ2n) is 7.23. The number of hydrogen-bond acceptors (Lipinski definition) is 3. The van der Waals surface area contributed by atoms with Gasteiger partial charge in [-0.15, -0.1) is 0 Å². The highest BCUT2D eigenvalue weighted by molar-refractivity contribution is 5.82. The Balaban J connectivity index is 1.83. The maximum Gasteiger partial charge on any atom is 0.318 e. The van der Waals surface area contributed by atoms with Crippen LogP contribution < -0.4 is 0 Å². The maximum absolute atomic E-state index is 13.1. The van der Waals surface area contributed by atoms with Crippen molar-refractivity contribution in [1.29, 1.82) is 0 Å². The first-order chi connectivity index (χ1) is 12.1. The number of esters is 1. The van der Waals surface area contributed by atoms with Crippen LogP contribution in [-0.4, -0.2) is 36.6 Å². The Kier molecular flexibility index (Phi) is 5.54. The zero-order chi connectivity index (χ0) is 17.8. The molecule has 1 aliphatic heterocycles. The Morgan fingerprint density at radius 3 is 2.04 bits per heavy atom. The summed E-state index contributed by atoms with van der Waals surface area (Å²) in [5.41, 5.74) is 1.96. The third-order valence-corrected chi connectivity index (χ3v) is 5.31. The SMILES string of the molecule is C[C@@H]1CN(C)[C@@H](C)C[C@H]1OC(=O)C(c1ccccc1)c1ccccc1. The van der Waals surface area contributed by atoms with Crippen molar-refractivity contribution in [2.75, 3.05) is 13.6 Å². The molecule has 3 nitrogen and oxygen atoms in total. The van der Waals surface area contributed by atoms with Gasteiger partial charge >= 0.3 is 5.97 Å². The van der Waals surface area contributed by atoms with Crippen LogP contribution in [0.25, 0.3) is 0 Å². The molecule has 25 heavy (non-hydrogen) atoms. The summed E-state index contributed by atoms with van der Waals surface area (Å²) in [5.74, 6) is -0.173. The van der Waals surface area contributed by atoms with Crippen molar-refractivity contribution in [2.45, 2.75) is 38.3 Å². The minimum atomic E-state index is -0.371. The average Bonchev–Trinajstić information content (AvgIpc) is 2.62. The highest BCUT2D eigenvalue weighted by atomic mass is 16.5. The van der Waals surface area contributed by atoms with Gasteiger partial charge in [0.2, 0.25) is 0 Å². The molecule has 3 rings (SSSR count). The highest BCUT2D eigenvalue weighted by Crippen LogP contribution is 2.30. The third-order valence-electron chi connectivity index (χ3n) is 5.31. The molecule has 1 heterocycles. The van der Waals surface area contributed by atoms with E-state index in [0.717, 1.165) is 24.1 Å². The number of piperidine rings is 1. The number of carbonyl (C=O) groups excluding carboxylic acids is 1. The van der Waals surface area contributed by atoms with Gasteiger partial charge in [0, 0.05) is 18.5 Å². The van der Waals surface area contributed by atoms with Crippen molar-refractivity contribution >= 4 is 5.97 Å². The molecular formula is C22H27NO2. The fraction of sp³-hybridized carbons (Fsp3) is 0.409. The van der Waals surface area contributed by atoms with Crippen molar-refractivity contribution < 1.29 is 9.53 Å². The first-order valence-electron chi connectivity index (χ1n) is 9.07. The van der Waals surface area contributed by atoms with E-state index in [2.05, 4.69) is 25.8 Å². The summed E-state index contributed by atoms with van der Waals surface area (Å²) in [6.07, 6.45) is 0.869. The molecule has 0 spiro atoms. The predicted octanol–water partition coefficient (Wildman–Crippen LogP) is 4.09. The molecule has 0 N–H and O–H groups in total. The zero-order valence-corrected chi connectivity index (χ0v) is 15.3. The van der Waals surface area contributed by atoms with Gasteiger partial charge in [-0.3, -0.25) is 4.79 Å². The van der Waals surface area contributed by atoms with E-state index in [1.54, 1.807) is 0 Å². The number of carbonyl (C=O) groups is 1. The van der Waals surface area contributed by atoms with Gasteiger partial charge in [-0.25, -0.2) is 0 Å². The van der Waals surface area contributed by atoms with Crippen molar-refractivity contribution in [2.24, 2.45) is 5.92 Å². The summed E-state index contributed by atoms with van der Waals surface area (Å²) < 4.78 is 6.03. The van der Waals surface area contributed by atoms with Gasteiger partial charge in [-0.05, 0) is 31.5 Å². The number of ether oxygens (including phenoxy) is 1. The van der Waals surface area contributed by atoms with Gasteiger partial charge in [0.15, 0.2) is 0 Å². The molecule has 0 saturated carbocycles. The number of hydrogen-bond donors (Lipinski definition) is 0. The molecule has 0 aromatic heterocycles. The molecule has 1 saturated heterocycles. The summed E-state index contributed by atoms with van der Waals surface area (Å²) in [5, 5.41) is 0. The molecule has 2 aromatic rings. The van der Waals surface area contributed by atoms with E-state index in [1.807, 2.05) is 60.7 Å². The Morgan fingerprint density at radius 2 is 1.52 bits per heavy atom. The van der Waals surface area contributed by atoms with E-state index in [4.69, 9.17) is 4.74 Å². The number of likely N-dealkylation sites (tertiary alicyclic amines) is 1. The molecule has 3 atom stereocenters. The third kappa shape index (κ3) is 4.10. The van der Waals surface area contributed by atoms with Crippen LogP contribution in [0.15, 0.2) is 60.7 Å². The molecule has 0 aliphatic carbocycles. The van der Waals surface area contributed by atoms with Crippen molar-refractivity contribution in [3.63, 3.8) is 0 Å². The van der Waals surface area contributed by atoms with Gasteiger partial charge in [0.1, 0.15) is 12.0 Å². The summed E-state index contributed by atoms with van der Waals surface area (Å²) in [4.78, 5) is 15.4. The van der Waals surface area contributed by atoms with Gasteiger partial charge < -0.3 is 9.64 Å². The highest BCUT2D eigenvalue weighted by Gasteiger charge is 2.34. The Hall–Kier alpha value is -2.13. The Bertz CT molecular complexity index is 646. The minimum absolute atomic E-state index is 0.0198. The second-order valence-corrected chi connectivity index (χ2v) is 7.23. The molecule has 0 radical (unpaired) electrons. The van der Waals surface area contributed by atoms with Crippen molar-refractivity contribution in [3.05, 3.63) is 71.8 Å². The first-order valence-corrected chi connectivity index (χ1v) is 9.07. The Morgan fingerprint density at radius 1 is 1.00 bits per heavy atom. The quantitative estimate of drug-likeness (QED) is 0.787. The summed E-state index contributed by atoms with van der Waals surface area (Å²) in [7, 11) is 2.13. The van der Waals surface area contributed by atoms with Crippen molar-refractivity contribution in [1.82, 2.24) is 4.90 Å². The minimum Gasteiger partial charge on any atom is -0.461 e. The molecule has 1 fully saturated rings. The molecule has 2 aromatic carbocycles. The molecular weight excluding hydrogens is 310 g/mol. The monoisotopic (exact) mass is 337 g/mol. The van der Waals surface area contributed by atoms with Crippen LogP contribution in [0.4, 0.5) is 0 Å². The predicted molar refractivity (Wildman–Crippen MR) is 100 cm³/mol. The summed E-state index contributed by atoms with van der Waals surface area (Å²) in [6, 6.07) is 20.3. The lowest BCUT2D eigenvalue weighted by Crippen LogP contribution is -2.47. The van der Waals surface area contributed by atoms with Gasteiger partial charge in [0.05, 0.1) is 0 Å². The smallest absolute Gasteiger partial charge is 0.318 e. The van der Waals surface area contributed by atoms with Crippen LogP contribution >= 0.6 is 0 Å². The van der Waals surface area contributed by atoms with Gasteiger partial charge in [0.25, 0.3) is 0 Å². The molecule has 132 valence electrons. The van der Waals surface area contributed by atoms with Gasteiger partial charge in [-0.1, -0.05) is 67.6 Å². The van der Waals surface area contributed by atoms with Crippen LogP contribution in [0, 0.1) is 5.92 Å². The number of benzene rings is 2. The molecule has 3 heteroatoms. The van der Waals surface area contributed by atoms with Gasteiger partial charge in [-0.2, -0.15) is 0 Å². The first kappa shape index (κ1) is 17.7. The Labute approximate surface area is 150 Å². The standard InChI is InChI=1S/C22H27NO2/c1-16-15-23(3)17(2)14-20(16)25-22(24)21(18-10-6-4-7-11-18)19-12-8-5-9-13-19/h4-13,16-17,20-21H,14-15H2,1-3H3/t16-,17+,20-/m1/s1. The van der Waals surface area contributed by atoms with Crippen molar-refractivity contribution in [3.8, 4) is 0 Å². The van der Waals surface area contributed by atoms with Crippen LogP contribution in [0.2, 0.25) is 0 Å². The second kappa shape index (κ2) is 7.83. The average molecular weight is 337 g/mol. The molecule has 0 unspecified atom stereocenters. The zero-order valence-electron chi connectivity index (χ0n) is 15.3. The summed E-state index contributed by atoms with van der Waals surface area (Å²) in [6.45, 7) is 5.32. The number of nitrogens with zero attached hydrogens (tertiary/aromatic N) is 1. The lowest BCUT2D eigenvalue weighted by atomic mass is 9.90. The topological polar surface area (TPSA) is 29.5 Å². The van der Waals surface area contributed by atoms with Crippen LogP contribution in [0.5, 0.6) is 0 Å². The van der Waals surface area contributed by atoms with Crippen LogP contribution in [0.1, 0.15) is 37.3 Å². The lowest BCUT2D eigenvalue weighted by Gasteiger charge is -2.39. The van der Waals surface area contributed by atoms with E-state index < -0.39 is 0 Å². The fourth-order valence-corrected chi connectivity index (χ4v) is 3.64. The van der Waals surface area contributed by atoms with E-state index in [0.29, 0.717) is 12.0 Å². The van der Waals surface area contributed by atoms with Crippen LogP contribution in [0.3, 0.4) is 0 Å². The summed E-state index contributed by atoms with van der Waals surface area (Å²) >= 11 is 0. The normalized spacial score (nSPS) is 24.2. The van der Waals surface area contributed by atoms with E-state index in [1.165, 1.54) is 0 Å². The largest absolute Gasteiger partial charge is 0.461 e. The molecule has 1 aliphatic rings. The van der Waals surface area contributed by atoms with E-state index >= 15 is 0 Å².